The molecule has 0 bridgehead atoms. The van der Waals surface area contributed by atoms with Gasteiger partial charge in [0.1, 0.15) is 11.7 Å². The zero-order chi connectivity index (χ0) is 16.4. The normalized spacial score (nSPS) is 15.5. The quantitative estimate of drug-likeness (QED) is 0.618. The summed E-state index contributed by atoms with van der Waals surface area (Å²) >= 11 is 1.84. The zero-order valence-corrected chi connectivity index (χ0v) is 14.9. The lowest BCUT2D eigenvalue weighted by Gasteiger charge is -2.28. The van der Waals surface area contributed by atoms with E-state index in [0.29, 0.717) is 0 Å². The molecule has 0 atom stereocenters. The smallest absolute Gasteiger partial charge is 0.262 e. The van der Waals surface area contributed by atoms with Gasteiger partial charge in [-0.2, -0.15) is 4.57 Å². The van der Waals surface area contributed by atoms with Crippen LogP contribution in [-0.4, -0.2) is 13.1 Å². The number of benzene rings is 2. The first-order valence-electron chi connectivity index (χ1n) is 8.72. The van der Waals surface area contributed by atoms with Gasteiger partial charge in [0.05, 0.1) is 0 Å². The van der Waals surface area contributed by atoms with Crippen LogP contribution in [0.4, 0.5) is 5.69 Å². The van der Waals surface area contributed by atoms with Gasteiger partial charge in [-0.15, -0.1) is 0 Å². The van der Waals surface area contributed by atoms with Crippen LogP contribution < -0.4 is 9.47 Å². The van der Waals surface area contributed by atoms with Crippen LogP contribution in [0.15, 0.2) is 48.5 Å². The minimum absolute atomic E-state index is 1.20. The third kappa shape index (κ3) is 3.09. The minimum Gasteiger partial charge on any atom is -0.372 e. The third-order valence-electron chi connectivity index (χ3n) is 4.80. The maximum Gasteiger partial charge on any atom is 0.262 e. The standard InChI is InChI=1S/C21H23N2S/c1-22-19-7-3-4-8-20(19)24-21(22)14-11-17-9-12-18(13-10-17)23-15-5-2-6-16-23/h3-4,7-14H,2,5-6,15-16H2,1H3/q+1. The fourth-order valence-corrected chi connectivity index (χ4v) is 4.43. The van der Waals surface area contributed by atoms with Gasteiger partial charge in [-0.1, -0.05) is 35.6 Å². The molecule has 4 rings (SSSR count). The van der Waals surface area contributed by atoms with Gasteiger partial charge < -0.3 is 4.90 Å². The molecule has 1 fully saturated rings. The molecule has 0 N–H and O–H groups in total. The Labute approximate surface area is 147 Å². The first-order valence-corrected chi connectivity index (χ1v) is 9.53. The number of anilines is 1. The molecule has 24 heavy (non-hydrogen) atoms. The van der Waals surface area contributed by atoms with E-state index >= 15 is 0 Å². The van der Waals surface area contributed by atoms with Crippen LogP contribution in [-0.2, 0) is 7.05 Å². The van der Waals surface area contributed by atoms with Crippen molar-refractivity contribution in [2.24, 2.45) is 7.05 Å². The van der Waals surface area contributed by atoms with Gasteiger partial charge in [0.2, 0.25) is 5.52 Å². The van der Waals surface area contributed by atoms with Crippen LogP contribution >= 0.6 is 11.3 Å². The third-order valence-corrected chi connectivity index (χ3v) is 5.99. The Balaban J connectivity index is 1.53. The van der Waals surface area contributed by atoms with Crippen molar-refractivity contribution in [3.05, 3.63) is 59.1 Å². The Morgan fingerprint density at radius 3 is 2.42 bits per heavy atom. The van der Waals surface area contributed by atoms with E-state index < -0.39 is 0 Å². The number of thiazole rings is 1. The van der Waals surface area contributed by atoms with Gasteiger partial charge in [0, 0.05) is 30.9 Å². The van der Waals surface area contributed by atoms with Crippen LogP contribution in [0, 0.1) is 0 Å². The molecule has 0 spiro atoms. The van der Waals surface area contributed by atoms with E-state index in [0.717, 1.165) is 0 Å². The first kappa shape index (κ1) is 15.4. The van der Waals surface area contributed by atoms with Crippen molar-refractivity contribution in [2.75, 3.05) is 18.0 Å². The number of nitrogens with zero attached hydrogens (tertiary/aromatic N) is 2. The lowest BCUT2D eigenvalue weighted by molar-refractivity contribution is -0.642. The Bertz CT molecular complexity index is 855. The Hall–Kier alpha value is -2.13. The van der Waals surface area contributed by atoms with Crippen LogP contribution in [0.25, 0.3) is 22.4 Å². The van der Waals surface area contributed by atoms with Gasteiger partial charge in [0.15, 0.2) is 0 Å². The van der Waals surface area contributed by atoms with Crippen molar-refractivity contribution in [1.29, 1.82) is 0 Å². The molecule has 122 valence electrons. The first-order chi connectivity index (χ1) is 11.8. The average molecular weight is 335 g/mol. The van der Waals surface area contributed by atoms with E-state index in [1.165, 1.54) is 58.8 Å². The maximum absolute atomic E-state index is 2.50. The second-order valence-electron chi connectivity index (χ2n) is 6.44. The fraction of sp³-hybridized carbons (Fsp3) is 0.286. The summed E-state index contributed by atoms with van der Waals surface area (Å²) in [7, 11) is 2.14. The molecule has 2 heterocycles. The number of para-hydroxylation sites is 1. The molecular formula is C21H23N2S+. The molecule has 2 aromatic carbocycles. The molecule has 3 heteroatoms. The highest BCUT2D eigenvalue weighted by molar-refractivity contribution is 7.18. The molecule has 1 aliphatic rings. The molecule has 1 saturated heterocycles. The monoisotopic (exact) mass is 335 g/mol. The second-order valence-corrected chi connectivity index (χ2v) is 7.50. The van der Waals surface area contributed by atoms with Gasteiger partial charge in [-0.05, 0) is 49.1 Å². The van der Waals surface area contributed by atoms with E-state index in [1.54, 1.807) is 0 Å². The van der Waals surface area contributed by atoms with Crippen molar-refractivity contribution in [3.63, 3.8) is 0 Å². The number of aromatic nitrogens is 1. The minimum atomic E-state index is 1.20. The summed E-state index contributed by atoms with van der Waals surface area (Å²) in [5.74, 6) is 0. The topological polar surface area (TPSA) is 7.12 Å². The van der Waals surface area contributed by atoms with E-state index in [9.17, 15) is 0 Å². The van der Waals surface area contributed by atoms with Crippen molar-refractivity contribution in [2.45, 2.75) is 19.3 Å². The van der Waals surface area contributed by atoms with Crippen LogP contribution in [0.1, 0.15) is 29.8 Å². The summed E-state index contributed by atoms with van der Waals surface area (Å²) < 4.78 is 3.60. The number of piperidine rings is 1. The molecule has 0 amide bonds. The van der Waals surface area contributed by atoms with Gasteiger partial charge in [-0.25, -0.2) is 0 Å². The SMILES string of the molecule is C[n+]1c(C=Cc2ccc(N3CCCCC3)cc2)sc2ccccc21. The van der Waals surface area contributed by atoms with Gasteiger partial charge in [0.25, 0.3) is 5.01 Å². The molecule has 0 unspecified atom stereocenters. The molecule has 0 saturated carbocycles. The van der Waals surface area contributed by atoms with Crippen molar-refractivity contribution in [3.8, 4) is 0 Å². The molecule has 3 aromatic rings. The van der Waals surface area contributed by atoms with Crippen LogP contribution in [0.3, 0.4) is 0 Å². The highest BCUT2D eigenvalue weighted by Crippen LogP contribution is 2.23. The summed E-state index contributed by atoms with van der Waals surface area (Å²) in [5, 5.41) is 1.27. The Morgan fingerprint density at radius 1 is 0.917 bits per heavy atom. The summed E-state index contributed by atoms with van der Waals surface area (Å²) in [6.45, 7) is 2.40. The second kappa shape index (κ2) is 6.78. The van der Waals surface area contributed by atoms with E-state index in [1.807, 2.05) is 11.3 Å². The number of hydrogen-bond donors (Lipinski definition) is 0. The number of hydrogen-bond acceptors (Lipinski definition) is 2. The van der Waals surface area contributed by atoms with Crippen molar-refractivity contribution >= 4 is 39.4 Å². The molecular weight excluding hydrogens is 312 g/mol. The van der Waals surface area contributed by atoms with Crippen molar-refractivity contribution < 1.29 is 4.57 Å². The number of rotatable bonds is 3. The fourth-order valence-electron chi connectivity index (χ4n) is 3.38. The summed E-state index contributed by atoms with van der Waals surface area (Å²) in [4.78, 5) is 2.50. The predicted molar refractivity (Wildman–Crippen MR) is 104 cm³/mol. The highest BCUT2D eigenvalue weighted by atomic mass is 32.1. The van der Waals surface area contributed by atoms with E-state index in [4.69, 9.17) is 0 Å². The molecule has 1 aliphatic heterocycles. The summed E-state index contributed by atoms with van der Waals surface area (Å²) in [6.07, 6.45) is 8.46. The average Bonchev–Trinajstić information content (AvgIpc) is 2.97. The van der Waals surface area contributed by atoms with Crippen LogP contribution in [0.5, 0.6) is 0 Å². The van der Waals surface area contributed by atoms with Gasteiger partial charge >= 0.3 is 0 Å². The Kier molecular flexibility index (Phi) is 4.35. The number of fused-ring (bicyclic) bond motifs is 1. The van der Waals surface area contributed by atoms with Crippen LogP contribution in [0.2, 0.25) is 0 Å². The maximum atomic E-state index is 2.50. The largest absolute Gasteiger partial charge is 0.372 e. The van der Waals surface area contributed by atoms with E-state index in [-0.39, 0.29) is 0 Å². The van der Waals surface area contributed by atoms with Crippen molar-refractivity contribution in [1.82, 2.24) is 0 Å². The van der Waals surface area contributed by atoms with Gasteiger partial charge in [-0.3, -0.25) is 0 Å². The molecule has 2 nitrogen and oxygen atoms in total. The lowest BCUT2D eigenvalue weighted by Crippen LogP contribution is -2.29. The highest BCUT2D eigenvalue weighted by Gasteiger charge is 2.13. The molecule has 1 aromatic heterocycles. The summed E-state index contributed by atoms with van der Waals surface area (Å²) in [5.41, 5.74) is 3.91. The predicted octanol–water partition coefficient (Wildman–Crippen LogP) is 4.89. The molecule has 0 radical (unpaired) electrons. The lowest BCUT2D eigenvalue weighted by atomic mass is 10.1. The number of aryl methyl sites for hydroxylation is 1. The summed E-state index contributed by atoms with van der Waals surface area (Å²) in [6, 6.07) is 17.5. The zero-order valence-electron chi connectivity index (χ0n) is 14.1. The van der Waals surface area contributed by atoms with E-state index in [2.05, 4.69) is 77.2 Å². The molecule has 0 aliphatic carbocycles. The Morgan fingerprint density at radius 2 is 1.67 bits per heavy atom.